The van der Waals surface area contributed by atoms with Crippen LogP contribution in [0.15, 0.2) is 30.7 Å². The van der Waals surface area contributed by atoms with E-state index < -0.39 is 0 Å². The summed E-state index contributed by atoms with van der Waals surface area (Å²) in [4.78, 5) is 4.26. The van der Waals surface area contributed by atoms with Crippen LogP contribution in [0, 0.1) is 0 Å². The molecule has 0 fully saturated rings. The minimum Gasteiger partial charge on any atom is -0.436 e. The third-order valence-corrected chi connectivity index (χ3v) is 2.46. The van der Waals surface area contributed by atoms with Crippen molar-refractivity contribution in [1.29, 1.82) is 0 Å². The first-order chi connectivity index (χ1) is 8.78. The number of nitrogens with one attached hydrogen (secondary N) is 1. The zero-order valence-corrected chi connectivity index (χ0v) is 10.8. The number of hydrogen-bond acceptors (Lipinski definition) is 4. The molecule has 0 radical (unpaired) electrons. The summed E-state index contributed by atoms with van der Waals surface area (Å²) in [7, 11) is 1.85. The number of nitrogens with zero attached hydrogens (tertiary/aromatic N) is 3. The standard InChI is InChI=1S/C13H18N4O/c1-3-6-14-7-11-4-5-13(15-8-11)18-12-9-16-17(2)10-12/h4-5,8-10,14H,3,6-7H2,1-2H3. The lowest BCUT2D eigenvalue weighted by Gasteiger charge is -2.04. The molecular formula is C13H18N4O. The maximum atomic E-state index is 5.56. The minimum atomic E-state index is 0.585. The Kier molecular flexibility index (Phi) is 4.30. The van der Waals surface area contributed by atoms with E-state index in [1.54, 1.807) is 17.1 Å². The maximum Gasteiger partial charge on any atom is 0.219 e. The van der Waals surface area contributed by atoms with Gasteiger partial charge in [0.25, 0.3) is 0 Å². The molecule has 2 rings (SSSR count). The first-order valence-electron chi connectivity index (χ1n) is 6.10. The average molecular weight is 246 g/mol. The second kappa shape index (κ2) is 6.16. The van der Waals surface area contributed by atoms with E-state index >= 15 is 0 Å². The molecule has 0 aliphatic carbocycles. The normalized spacial score (nSPS) is 10.6. The van der Waals surface area contributed by atoms with Gasteiger partial charge in [-0.15, -0.1) is 0 Å². The Balaban J connectivity index is 1.91. The van der Waals surface area contributed by atoms with E-state index in [9.17, 15) is 0 Å². The fraction of sp³-hybridized carbons (Fsp3) is 0.385. The molecular weight excluding hydrogens is 228 g/mol. The molecule has 0 spiro atoms. The van der Waals surface area contributed by atoms with Gasteiger partial charge in [-0.05, 0) is 18.5 Å². The van der Waals surface area contributed by atoms with Crippen LogP contribution in [-0.2, 0) is 13.6 Å². The van der Waals surface area contributed by atoms with Crippen molar-refractivity contribution in [2.45, 2.75) is 19.9 Å². The molecule has 0 amide bonds. The van der Waals surface area contributed by atoms with Crippen LogP contribution in [0.2, 0.25) is 0 Å². The Labute approximate surface area is 107 Å². The number of ether oxygens (including phenoxy) is 1. The van der Waals surface area contributed by atoms with Gasteiger partial charge >= 0.3 is 0 Å². The van der Waals surface area contributed by atoms with Crippen molar-refractivity contribution in [3.05, 3.63) is 36.3 Å². The van der Waals surface area contributed by atoms with Crippen molar-refractivity contribution in [1.82, 2.24) is 20.1 Å². The number of pyridine rings is 1. The molecule has 0 aliphatic rings. The Morgan fingerprint density at radius 3 is 2.83 bits per heavy atom. The third kappa shape index (κ3) is 3.56. The van der Waals surface area contributed by atoms with E-state index in [4.69, 9.17) is 4.74 Å². The van der Waals surface area contributed by atoms with Gasteiger partial charge in [0.05, 0.1) is 12.4 Å². The van der Waals surface area contributed by atoms with Crippen molar-refractivity contribution >= 4 is 0 Å². The van der Waals surface area contributed by atoms with Crippen LogP contribution in [0.1, 0.15) is 18.9 Å². The van der Waals surface area contributed by atoms with Gasteiger partial charge in [0, 0.05) is 25.9 Å². The molecule has 2 aromatic heterocycles. The van der Waals surface area contributed by atoms with E-state index in [1.807, 2.05) is 25.4 Å². The smallest absolute Gasteiger partial charge is 0.219 e. The highest BCUT2D eigenvalue weighted by molar-refractivity contribution is 5.23. The van der Waals surface area contributed by atoms with Crippen LogP contribution in [0.4, 0.5) is 0 Å². The number of hydrogen-bond donors (Lipinski definition) is 1. The van der Waals surface area contributed by atoms with Gasteiger partial charge in [0.2, 0.25) is 5.88 Å². The molecule has 5 nitrogen and oxygen atoms in total. The predicted molar refractivity (Wildman–Crippen MR) is 69.5 cm³/mol. The van der Waals surface area contributed by atoms with Crippen LogP contribution < -0.4 is 10.1 Å². The van der Waals surface area contributed by atoms with Crippen molar-refractivity contribution in [2.24, 2.45) is 7.05 Å². The van der Waals surface area contributed by atoms with Crippen molar-refractivity contribution < 1.29 is 4.74 Å². The Morgan fingerprint density at radius 2 is 2.22 bits per heavy atom. The molecule has 18 heavy (non-hydrogen) atoms. The zero-order chi connectivity index (χ0) is 12.8. The molecule has 1 N–H and O–H groups in total. The summed E-state index contributed by atoms with van der Waals surface area (Å²) in [5.41, 5.74) is 1.15. The van der Waals surface area contributed by atoms with Gasteiger partial charge in [-0.25, -0.2) is 4.98 Å². The number of aryl methyl sites for hydroxylation is 1. The SMILES string of the molecule is CCCNCc1ccc(Oc2cnn(C)c2)nc1. The second-order valence-electron chi connectivity index (χ2n) is 4.13. The molecule has 2 heterocycles. The first-order valence-corrected chi connectivity index (χ1v) is 6.10. The highest BCUT2D eigenvalue weighted by Gasteiger charge is 2.01. The van der Waals surface area contributed by atoms with Crippen molar-refractivity contribution in [3.8, 4) is 11.6 Å². The topological polar surface area (TPSA) is 52.0 Å². The van der Waals surface area contributed by atoms with E-state index in [-0.39, 0.29) is 0 Å². The maximum absolute atomic E-state index is 5.56. The Bertz CT molecular complexity index is 478. The molecule has 5 heteroatoms. The highest BCUT2D eigenvalue weighted by Crippen LogP contribution is 2.17. The largest absolute Gasteiger partial charge is 0.436 e. The Hall–Kier alpha value is -1.88. The van der Waals surface area contributed by atoms with Crippen molar-refractivity contribution in [2.75, 3.05) is 6.54 Å². The number of aromatic nitrogens is 3. The summed E-state index contributed by atoms with van der Waals surface area (Å²) in [5, 5.41) is 7.36. The molecule has 0 bridgehead atoms. The fourth-order valence-electron chi connectivity index (χ4n) is 1.56. The quantitative estimate of drug-likeness (QED) is 0.793. The van der Waals surface area contributed by atoms with E-state index in [2.05, 4.69) is 22.3 Å². The Morgan fingerprint density at radius 1 is 1.33 bits per heavy atom. The lowest BCUT2D eigenvalue weighted by molar-refractivity contribution is 0.461. The van der Waals surface area contributed by atoms with Crippen LogP contribution in [0.25, 0.3) is 0 Å². The predicted octanol–water partition coefficient (Wildman–Crippen LogP) is 2.11. The zero-order valence-electron chi connectivity index (χ0n) is 10.8. The lowest BCUT2D eigenvalue weighted by atomic mass is 10.3. The minimum absolute atomic E-state index is 0.585. The van der Waals surface area contributed by atoms with Gasteiger partial charge in [-0.1, -0.05) is 13.0 Å². The van der Waals surface area contributed by atoms with Crippen molar-refractivity contribution in [3.63, 3.8) is 0 Å². The van der Waals surface area contributed by atoms with Gasteiger partial charge in [-0.2, -0.15) is 5.10 Å². The lowest BCUT2D eigenvalue weighted by Crippen LogP contribution is -2.13. The van der Waals surface area contributed by atoms with Crippen LogP contribution in [-0.4, -0.2) is 21.3 Å². The molecule has 0 aromatic carbocycles. The van der Waals surface area contributed by atoms with Gasteiger partial charge < -0.3 is 10.1 Å². The monoisotopic (exact) mass is 246 g/mol. The number of rotatable bonds is 6. The second-order valence-corrected chi connectivity index (χ2v) is 4.13. The van der Waals surface area contributed by atoms with E-state index in [0.717, 1.165) is 25.1 Å². The van der Waals surface area contributed by atoms with Gasteiger partial charge in [-0.3, -0.25) is 4.68 Å². The first kappa shape index (κ1) is 12.6. The van der Waals surface area contributed by atoms with Crippen LogP contribution in [0.5, 0.6) is 11.6 Å². The van der Waals surface area contributed by atoms with E-state index in [1.165, 1.54) is 0 Å². The summed E-state index contributed by atoms with van der Waals surface area (Å²) in [6, 6.07) is 3.89. The van der Waals surface area contributed by atoms with Crippen LogP contribution in [0.3, 0.4) is 0 Å². The molecule has 96 valence electrons. The summed E-state index contributed by atoms with van der Waals surface area (Å²) >= 11 is 0. The average Bonchev–Trinajstić information content (AvgIpc) is 2.77. The molecule has 0 unspecified atom stereocenters. The highest BCUT2D eigenvalue weighted by atomic mass is 16.5. The van der Waals surface area contributed by atoms with Gasteiger partial charge in [0.1, 0.15) is 0 Å². The summed E-state index contributed by atoms with van der Waals surface area (Å²) in [6.07, 6.45) is 6.43. The summed E-state index contributed by atoms with van der Waals surface area (Å²) in [6.45, 7) is 4.01. The van der Waals surface area contributed by atoms with E-state index in [0.29, 0.717) is 11.6 Å². The molecule has 0 saturated heterocycles. The summed E-state index contributed by atoms with van der Waals surface area (Å²) in [5.74, 6) is 1.28. The van der Waals surface area contributed by atoms with Crippen LogP contribution >= 0.6 is 0 Å². The molecule has 0 aliphatic heterocycles. The summed E-state index contributed by atoms with van der Waals surface area (Å²) < 4.78 is 7.26. The fourth-order valence-corrected chi connectivity index (χ4v) is 1.56. The molecule has 0 saturated carbocycles. The third-order valence-electron chi connectivity index (χ3n) is 2.46. The molecule has 2 aromatic rings. The van der Waals surface area contributed by atoms with Gasteiger partial charge in [0.15, 0.2) is 5.75 Å². The molecule has 0 atom stereocenters.